The van der Waals surface area contributed by atoms with E-state index in [1.54, 1.807) is 30.3 Å². The van der Waals surface area contributed by atoms with Crippen molar-refractivity contribution in [3.05, 3.63) is 51.7 Å². The van der Waals surface area contributed by atoms with Gasteiger partial charge < -0.3 is 0 Å². The fourth-order valence-electron chi connectivity index (χ4n) is 4.92. The van der Waals surface area contributed by atoms with E-state index in [2.05, 4.69) is 4.90 Å². The Kier molecular flexibility index (Phi) is 3.96. The van der Waals surface area contributed by atoms with E-state index < -0.39 is 17.9 Å². The van der Waals surface area contributed by atoms with Gasteiger partial charge in [-0.25, -0.2) is 4.90 Å². The SMILES string of the molecule is O=C(c1cccs1)[C@@H]1[C@@H]2C(=O)N(c3ccc(Cl)cc3)C(=O)[C@H]2[C@H]2CCCN21. The molecule has 4 heterocycles. The molecule has 5 rings (SSSR count). The second kappa shape index (κ2) is 6.26. The first-order chi connectivity index (χ1) is 13.1. The highest BCUT2D eigenvalue weighted by Crippen LogP contribution is 2.48. The molecule has 0 N–H and O–H groups in total. The van der Waals surface area contributed by atoms with Gasteiger partial charge in [0.15, 0.2) is 5.78 Å². The third-order valence-corrected chi connectivity index (χ3v) is 7.11. The number of amides is 2. The molecule has 0 spiro atoms. The largest absolute Gasteiger partial charge is 0.291 e. The number of benzene rings is 1. The zero-order valence-corrected chi connectivity index (χ0v) is 15.9. The minimum Gasteiger partial charge on any atom is -0.291 e. The summed E-state index contributed by atoms with van der Waals surface area (Å²) in [6, 6.07) is 9.76. The zero-order chi connectivity index (χ0) is 18.7. The predicted molar refractivity (Wildman–Crippen MR) is 103 cm³/mol. The molecule has 1 aromatic heterocycles. The molecule has 2 amide bonds. The molecular weight excluding hydrogens is 384 g/mol. The number of Topliss-reactive ketones (excluding diaryl/α,β-unsaturated/α-hetero) is 1. The fraction of sp³-hybridized carbons (Fsp3) is 0.350. The molecule has 1 aromatic carbocycles. The molecule has 0 saturated carbocycles. The number of nitrogens with zero attached hydrogens (tertiary/aromatic N) is 2. The molecular formula is C20H17ClN2O3S. The van der Waals surface area contributed by atoms with Crippen molar-refractivity contribution in [2.24, 2.45) is 11.8 Å². The van der Waals surface area contributed by atoms with Crippen LogP contribution >= 0.6 is 22.9 Å². The smallest absolute Gasteiger partial charge is 0.239 e. The summed E-state index contributed by atoms with van der Waals surface area (Å²) in [4.78, 5) is 43.7. The summed E-state index contributed by atoms with van der Waals surface area (Å²) in [5, 5.41) is 2.41. The molecule has 27 heavy (non-hydrogen) atoms. The van der Waals surface area contributed by atoms with Crippen LogP contribution in [0.25, 0.3) is 0 Å². The quantitative estimate of drug-likeness (QED) is 0.586. The highest BCUT2D eigenvalue weighted by atomic mass is 35.5. The Morgan fingerprint density at radius 2 is 1.81 bits per heavy atom. The summed E-state index contributed by atoms with van der Waals surface area (Å²) in [7, 11) is 0. The van der Waals surface area contributed by atoms with Crippen LogP contribution in [-0.4, -0.2) is 41.1 Å². The molecule has 0 radical (unpaired) electrons. The number of hydrogen-bond acceptors (Lipinski definition) is 5. The number of hydrogen-bond donors (Lipinski definition) is 0. The maximum atomic E-state index is 13.3. The Balaban J connectivity index is 1.56. The van der Waals surface area contributed by atoms with Crippen molar-refractivity contribution in [3.63, 3.8) is 0 Å². The van der Waals surface area contributed by atoms with Gasteiger partial charge in [0.2, 0.25) is 11.8 Å². The minimum absolute atomic E-state index is 0.0299. The normalized spacial score (nSPS) is 30.0. The van der Waals surface area contributed by atoms with Gasteiger partial charge in [-0.15, -0.1) is 11.3 Å². The van der Waals surface area contributed by atoms with Gasteiger partial charge in [-0.3, -0.25) is 19.3 Å². The van der Waals surface area contributed by atoms with Gasteiger partial charge in [-0.05, 0) is 55.1 Å². The second-order valence-electron chi connectivity index (χ2n) is 7.27. The van der Waals surface area contributed by atoms with E-state index in [4.69, 9.17) is 11.6 Å². The molecule has 0 unspecified atom stereocenters. The average molecular weight is 401 g/mol. The first-order valence-electron chi connectivity index (χ1n) is 9.05. The third-order valence-electron chi connectivity index (χ3n) is 5.97. The molecule has 0 bridgehead atoms. The molecule has 5 nitrogen and oxygen atoms in total. The van der Waals surface area contributed by atoms with E-state index in [0.717, 1.165) is 19.4 Å². The van der Waals surface area contributed by atoms with Gasteiger partial charge in [-0.2, -0.15) is 0 Å². The van der Waals surface area contributed by atoms with Crippen molar-refractivity contribution in [1.29, 1.82) is 0 Å². The van der Waals surface area contributed by atoms with Crippen LogP contribution in [0, 0.1) is 11.8 Å². The number of anilines is 1. The fourth-order valence-corrected chi connectivity index (χ4v) is 5.75. The van der Waals surface area contributed by atoms with Gasteiger partial charge in [0.1, 0.15) is 0 Å². The highest BCUT2D eigenvalue weighted by molar-refractivity contribution is 7.12. The van der Waals surface area contributed by atoms with E-state index in [0.29, 0.717) is 15.6 Å². The van der Waals surface area contributed by atoms with Crippen molar-refractivity contribution >= 4 is 46.2 Å². The molecule has 4 atom stereocenters. The maximum Gasteiger partial charge on any atom is 0.239 e. The summed E-state index contributed by atoms with van der Waals surface area (Å²) in [5.74, 6) is -1.54. The minimum atomic E-state index is -0.604. The average Bonchev–Trinajstić information content (AvgIpc) is 3.41. The number of carbonyl (C=O) groups is 3. The van der Waals surface area contributed by atoms with Crippen LogP contribution < -0.4 is 4.90 Å². The molecule has 3 aliphatic rings. The third kappa shape index (κ3) is 2.43. The molecule has 0 aliphatic carbocycles. The van der Waals surface area contributed by atoms with Gasteiger partial charge in [-0.1, -0.05) is 17.7 Å². The maximum absolute atomic E-state index is 13.3. The lowest BCUT2D eigenvalue weighted by Crippen LogP contribution is -2.45. The molecule has 3 fully saturated rings. The Labute approximate surface area is 165 Å². The lowest BCUT2D eigenvalue weighted by atomic mass is 9.86. The highest BCUT2D eigenvalue weighted by Gasteiger charge is 2.64. The van der Waals surface area contributed by atoms with Crippen LogP contribution in [0.3, 0.4) is 0 Å². The summed E-state index contributed by atoms with van der Waals surface area (Å²) in [5.41, 5.74) is 0.524. The summed E-state index contributed by atoms with van der Waals surface area (Å²) < 4.78 is 0. The lowest BCUT2D eigenvalue weighted by molar-refractivity contribution is -0.123. The first-order valence-corrected chi connectivity index (χ1v) is 10.3. The van der Waals surface area contributed by atoms with Gasteiger partial charge >= 0.3 is 0 Å². The standard InChI is InChI=1S/C20H17ClN2O3S/c21-11-5-7-12(8-6-11)23-19(25)15-13-3-1-9-22(13)17(16(15)20(23)26)18(24)14-4-2-10-27-14/h2,4-8,10,13,15-17H,1,3,9H2/t13-,15+,16-,17+/m1/s1. The van der Waals surface area contributed by atoms with Crippen LogP contribution in [-0.2, 0) is 9.59 Å². The van der Waals surface area contributed by atoms with Crippen LogP contribution in [0.5, 0.6) is 0 Å². The van der Waals surface area contributed by atoms with Crippen molar-refractivity contribution in [3.8, 4) is 0 Å². The Bertz CT molecular complexity index is 927. The van der Waals surface area contributed by atoms with Crippen molar-refractivity contribution < 1.29 is 14.4 Å². The number of ketones is 1. The van der Waals surface area contributed by atoms with Crippen LogP contribution in [0.15, 0.2) is 41.8 Å². The van der Waals surface area contributed by atoms with Gasteiger partial charge in [0.05, 0.1) is 28.4 Å². The van der Waals surface area contributed by atoms with E-state index in [1.807, 2.05) is 11.4 Å². The second-order valence-corrected chi connectivity index (χ2v) is 8.66. The van der Waals surface area contributed by atoms with Gasteiger partial charge in [0, 0.05) is 11.1 Å². The van der Waals surface area contributed by atoms with Crippen molar-refractivity contribution in [2.45, 2.75) is 24.9 Å². The number of fused-ring (bicyclic) bond motifs is 3. The Morgan fingerprint density at radius 1 is 1.07 bits per heavy atom. The van der Waals surface area contributed by atoms with Crippen molar-refractivity contribution in [2.75, 3.05) is 11.4 Å². The zero-order valence-electron chi connectivity index (χ0n) is 14.4. The van der Waals surface area contributed by atoms with Crippen molar-refractivity contribution in [1.82, 2.24) is 4.90 Å². The van der Waals surface area contributed by atoms with E-state index in [1.165, 1.54) is 16.2 Å². The van der Waals surface area contributed by atoms with E-state index in [-0.39, 0.29) is 23.6 Å². The molecule has 2 aromatic rings. The molecule has 138 valence electrons. The number of rotatable bonds is 3. The predicted octanol–water partition coefficient (Wildman–Crippen LogP) is 3.24. The van der Waals surface area contributed by atoms with Gasteiger partial charge in [0.25, 0.3) is 0 Å². The number of halogens is 1. The molecule has 3 saturated heterocycles. The van der Waals surface area contributed by atoms with E-state index in [9.17, 15) is 14.4 Å². The Hall–Kier alpha value is -2.02. The van der Waals surface area contributed by atoms with Crippen LogP contribution in [0.1, 0.15) is 22.5 Å². The van der Waals surface area contributed by atoms with E-state index >= 15 is 0 Å². The number of carbonyl (C=O) groups excluding carboxylic acids is 3. The van der Waals surface area contributed by atoms with Crippen LogP contribution in [0.4, 0.5) is 5.69 Å². The monoisotopic (exact) mass is 400 g/mol. The summed E-state index contributed by atoms with van der Waals surface area (Å²) >= 11 is 7.33. The lowest BCUT2D eigenvalue weighted by Gasteiger charge is -2.27. The van der Waals surface area contributed by atoms with Crippen LogP contribution in [0.2, 0.25) is 5.02 Å². The molecule has 7 heteroatoms. The first kappa shape index (κ1) is 17.1. The number of imide groups is 1. The summed E-state index contributed by atoms with van der Waals surface area (Å²) in [6.07, 6.45) is 1.80. The Morgan fingerprint density at radius 3 is 2.52 bits per heavy atom. The molecule has 3 aliphatic heterocycles. The number of thiophene rings is 1. The summed E-state index contributed by atoms with van der Waals surface area (Å²) in [6.45, 7) is 0.765. The topological polar surface area (TPSA) is 57.7 Å².